The summed E-state index contributed by atoms with van der Waals surface area (Å²) >= 11 is 0. The van der Waals surface area contributed by atoms with E-state index in [1.165, 1.54) is 40.9 Å². The molecular weight excluding hydrogens is 413 g/mol. The van der Waals surface area contributed by atoms with Crippen molar-refractivity contribution in [3.8, 4) is 0 Å². The number of benzene rings is 1. The molecule has 1 aromatic carbocycles. The molecule has 0 saturated carbocycles. The van der Waals surface area contributed by atoms with Crippen molar-refractivity contribution in [1.82, 2.24) is 9.78 Å². The minimum Gasteiger partial charge on any atom is -0.370 e. The third kappa shape index (κ3) is 4.09. The van der Waals surface area contributed by atoms with Gasteiger partial charge in [-0.15, -0.1) is 24.0 Å². The highest BCUT2D eigenvalue weighted by molar-refractivity contribution is 14.0. The van der Waals surface area contributed by atoms with Gasteiger partial charge in [-0.25, -0.2) is 4.99 Å². The maximum atomic E-state index is 6.05. The molecule has 5 nitrogen and oxygen atoms in total. The standard InChI is InChI=1S/C18H25N5.HI/c1-12-8-9-14(10-13(12)2)21-18(19)20-11-17-15-6-4-5-7-16(15)22-23(17)3;/h8-10H,4-7,11H2,1-3H3,(H3,19,20,21);1H. The maximum absolute atomic E-state index is 6.05. The fraction of sp³-hybridized carbons (Fsp3) is 0.444. The molecular formula is C18H26IN5. The lowest BCUT2D eigenvalue weighted by atomic mass is 9.96. The van der Waals surface area contributed by atoms with Gasteiger partial charge in [-0.2, -0.15) is 5.10 Å². The van der Waals surface area contributed by atoms with Gasteiger partial charge in [-0.05, 0) is 68.4 Å². The van der Waals surface area contributed by atoms with Gasteiger partial charge in [0.05, 0.1) is 17.9 Å². The average molecular weight is 439 g/mol. The Morgan fingerprint density at radius 2 is 2.00 bits per heavy atom. The molecule has 0 spiro atoms. The fourth-order valence-electron chi connectivity index (χ4n) is 3.11. The number of rotatable bonds is 3. The molecule has 1 aliphatic rings. The number of halogens is 1. The van der Waals surface area contributed by atoms with E-state index in [1.807, 2.05) is 17.8 Å². The molecule has 0 unspecified atom stereocenters. The summed E-state index contributed by atoms with van der Waals surface area (Å²) in [5.41, 5.74) is 13.3. The number of hydrogen-bond acceptors (Lipinski definition) is 2. The Labute approximate surface area is 160 Å². The van der Waals surface area contributed by atoms with Crippen LogP contribution in [0.1, 0.15) is 40.9 Å². The van der Waals surface area contributed by atoms with E-state index >= 15 is 0 Å². The molecule has 24 heavy (non-hydrogen) atoms. The highest BCUT2D eigenvalue weighted by atomic mass is 127. The zero-order chi connectivity index (χ0) is 16.4. The minimum atomic E-state index is 0. The molecule has 0 atom stereocenters. The number of nitrogens with zero attached hydrogens (tertiary/aromatic N) is 3. The van der Waals surface area contributed by atoms with E-state index in [0.29, 0.717) is 12.5 Å². The van der Waals surface area contributed by atoms with Gasteiger partial charge in [-0.3, -0.25) is 4.68 Å². The SMILES string of the molecule is Cc1ccc(NC(N)=NCc2c3c(nn2C)CCCC3)cc1C.I. The molecule has 1 aliphatic carbocycles. The van der Waals surface area contributed by atoms with E-state index in [-0.39, 0.29) is 24.0 Å². The quantitative estimate of drug-likeness (QED) is 0.437. The molecule has 130 valence electrons. The van der Waals surface area contributed by atoms with Gasteiger partial charge in [0.1, 0.15) is 0 Å². The summed E-state index contributed by atoms with van der Waals surface area (Å²) < 4.78 is 1.96. The van der Waals surface area contributed by atoms with Gasteiger partial charge in [0.2, 0.25) is 0 Å². The first-order valence-corrected chi connectivity index (χ1v) is 8.22. The molecule has 3 rings (SSSR count). The fourth-order valence-corrected chi connectivity index (χ4v) is 3.11. The zero-order valence-corrected chi connectivity index (χ0v) is 16.9. The Balaban J connectivity index is 0.00000208. The van der Waals surface area contributed by atoms with E-state index in [1.54, 1.807) is 0 Å². The molecule has 1 heterocycles. The Bertz CT molecular complexity index is 748. The van der Waals surface area contributed by atoms with Gasteiger partial charge in [0.15, 0.2) is 5.96 Å². The zero-order valence-electron chi connectivity index (χ0n) is 14.6. The Hall–Kier alpha value is -1.57. The summed E-state index contributed by atoms with van der Waals surface area (Å²) in [6.07, 6.45) is 4.68. The molecule has 6 heteroatoms. The third-order valence-corrected chi connectivity index (χ3v) is 4.63. The van der Waals surface area contributed by atoms with E-state index in [4.69, 9.17) is 5.73 Å². The van der Waals surface area contributed by atoms with Gasteiger partial charge >= 0.3 is 0 Å². The normalized spacial score (nSPS) is 14.0. The molecule has 0 bridgehead atoms. The number of aryl methyl sites for hydroxylation is 4. The summed E-state index contributed by atoms with van der Waals surface area (Å²) in [5.74, 6) is 0.444. The number of anilines is 1. The van der Waals surface area contributed by atoms with Crippen LogP contribution in [-0.4, -0.2) is 15.7 Å². The number of fused-ring (bicyclic) bond motifs is 1. The van der Waals surface area contributed by atoms with Crippen molar-refractivity contribution in [3.63, 3.8) is 0 Å². The van der Waals surface area contributed by atoms with Crippen LogP contribution in [-0.2, 0) is 26.4 Å². The molecule has 3 N–H and O–H groups in total. The number of guanidine groups is 1. The largest absolute Gasteiger partial charge is 0.370 e. The lowest BCUT2D eigenvalue weighted by molar-refractivity contribution is 0.663. The van der Waals surface area contributed by atoms with E-state index < -0.39 is 0 Å². The predicted octanol–water partition coefficient (Wildman–Crippen LogP) is 3.46. The van der Waals surface area contributed by atoms with Crippen molar-refractivity contribution in [1.29, 1.82) is 0 Å². The molecule has 0 aliphatic heterocycles. The molecule has 1 aromatic heterocycles. The van der Waals surface area contributed by atoms with E-state index in [2.05, 4.69) is 41.4 Å². The highest BCUT2D eigenvalue weighted by Gasteiger charge is 2.18. The van der Waals surface area contributed by atoms with Crippen molar-refractivity contribution >= 4 is 35.6 Å². The molecule has 0 saturated heterocycles. The van der Waals surface area contributed by atoms with Crippen LogP contribution in [0, 0.1) is 13.8 Å². The van der Waals surface area contributed by atoms with Crippen LogP contribution in [0.5, 0.6) is 0 Å². The number of aliphatic imine (C=N–C) groups is 1. The summed E-state index contributed by atoms with van der Waals surface area (Å²) in [6, 6.07) is 6.20. The first kappa shape index (κ1) is 18.8. The lowest BCUT2D eigenvalue weighted by Crippen LogP contribution is -2.23. The van der Waals surface area contributed by atoms with Gasteiger partial charge in [0.25, 0.3) is 0 Å². The van der Waals surface area contributed by atoms with Crippen molar-refractivity contribution in [2.75, 3.05) is 5.32 Å². The van der Waals surface area contributed by atoms with Crippen molar-refractivity contribution in [2.24, 2.45) is 17.8 Å². The van der Waals surface area contributed by atoms with Crippen LogP contribution in [0.2, 0.25) is 0 Å². The molecule has 0 radical (unpaired) electrons. The van der Waals surface area contributed by atoms with Crippen LogP contribution < -0.4 is 11.1 Å². The first-order chi connectivity index (χ1) is 11.0. The predicted molar refractivity (Wildman–Crippen MR) is 110 cm³/mol. The average Bonchev–Trinajstić information content (AvgIpc) is 2.84. The van der Waals surface area contributed by atoms with Crippen LogP contribution in [0.4, 0.5) is 5.69 Å². The summed E-state index contributed by atoms with van der Waals surface area (Å²) in [4.78, 5) is 4.51. The molecule has 2 aromatic rings. The number of nitrogens with two attached hydrogens (primary N) is 1. The Kier molecular flexibility index (Phi) is 6.26. The Morgan fingerprint density at radius 3 is 2.75 bits per heavy atom. The van der Waals surface area contributed by atoms with Crippen molar-refractivity contribution in [2.45, 2.75) is 46.1 Å². The van der Waals surface area contributed by atoms with Gasteiger partial charge in [-0.1, -0.05) is 6.07 Å². The third-order valence-electron chi connectivity index (χ3n) is 4.63. The number of hydrogen-bond donors (Lipinski definition) is 2. The monoisotopic (exact) mass is 439 g/mol. The van der Waals surface area contributed by atoms with Crippen LogP contribution in [0.25, 0.3) is 0 Å². The second kappa shape index (κ2) is 8.00. The lowest BCUT2D eigenvalue weighted by Gasteiger charge is -2.11. The van der Waals surface area contributed by atoms with Crippen LogP contribution in [0.15, 0.2) is 23.2 Å². The summed E-state index contributed by atoms with van der Waals surface area (Å²) in [6.45, 7) is 4.76. The van der Waals surface area contributed by atoms with Crippen LogP contribution in [0.3, 0.4) is 0 Å². The highest BCUT2D eigenvalue weighted by Crippen LogP contribution is 2.24. The second-order valence-corrected chi connectivity index (χ2v) is 6.33. The molecule has 0 amide bonds. The van der Waals surface area contributed by atoms with Crippen molar-refractivity contribution in [3.05, 3.63) is 46.3 Å². The topological polar surface area (TPSA) is 68.2 Å². The maximum Gasteiger partial charge on any atom is 0.193 e. The number of nitrogens with one attached hydrogen (secondary N) is 1. The van der Waals surface area contributed by atoms with Gasteiger partial charge < -0.3 is 11.1 Å². The second-order valence-electron chi connectivity index (χ2n) is 6.33. The van der Waals surface area contributed by atoms with E-state index in [9.17, 15) is 0 Å². The smallest absolute Gasteiger partial charge is 0.193 e. The van der Waals surface area contributed by atoms with Gasteiger partial charge in [0, 0.05) is 12.7 Å². The number of aromatic nitrogens is 2. The van der Waals surface area contributed by atoms with Crippen LogP contribution >= 0.6 is 24.0 Å². The Morgan fingerprint density at radius 1 is 1.25 bits per heavy atom. The summed E-state index contributed by atoms with van der Waals surface area (Å²) in [7, 11) is 2.00. The van der Waals surface area contributed by atoms with Crippen molar-refractivity contribution < 1.29 is 0 Å². The van der Waals surface area contributed by atoms with E-state index in [0.717, 1.165) is 18.5 Å². The first-order valence-electron chi connectivity index (χ1n) is 8.22. The summed E-state index contributed by atoms with van der Waals surface area (Å²) in [5, 5.41) is 7.79. The molecule has 0 fully saturated rings. The minimum absolute atomic E-state index is 0.